The van der Waals surface area contributed by atoms with Gasteiger partial charge in [0.05, 0.1) is 12.5 Å². The van der Waals surface area contributed by atoms with Crippen LogP contribution in [-0.4, -0.2) is 34.6 Å². The highest BCUT2D eigenvalue weighted by Crippen LogP contribution is 2.41. The van der Waals surface area contributed by atoms with Crippen LogP contribution in [0.1, 0.15) is 19.3 Å². The van der Waals surface area contributed by atoms with Crippen LogP contribution in [0.25, 0.3) is 11.0 Å². The summed E-state index contributed by atoms with van der Waals surface area (Å²) in [5, 5.41) is 4.15. The van der Waals surface area contributed by atoms with Gasteiger partial charge in [-0.15, -0.1) is 0 Å². The summed E-state index contributed by atoms with van der Waals surface area (Å²) in [6.07, 6.45) is 5.68. The molecule has 0 radical (unpaired) electrons. The second-order valence-corrected chi connectivity index (χ2v) is 7.07. The van der Waals surface area contributed by atoms with Crippen LogP contribution in [0.3, 0.4) is 0 Å². The lowest BCUT2D eigenvalue weighted by Gasteiger charge is -2.28. The van der Waals surface area contributed by atoms with Crippen molar-refractivity contribution in [3.05, 3.63) is 36.3 Å². The number of benzene rings is 1. The summed E-state index contributed by atoms with van der Waals surface area (Å²) in [6, 6.07) is 7.32. The molecule has 2 aromatic heterocycles. The van der Waals surface area contributed by atoms with Crippen LogP contribution >= 0.6 is 0 Å². The van der Waals surface area contributed by atoms with Crippen LogP contribution < -0.4 is 15.0 Å². The fourth-order valence-corrected chi connectivity index (χ4v) is 4.26. The lowest BCUT2D eigenvalue weighted by molar-refractivity contribution is 0.386. The van der Waals surface area contributed by atoms with Gasteiger partial charge in [-0.05, 0) is 43.4 Å². The molecule has 3 heterocycles. The van der Waals surface area contributed by atoms with Crippen molar-refractivity contribution in [2.24, 2.45) is 5.92 Å². The highest BCUT2D eigenvalue weighted by atomic mass is 19.1. The summed E-state index contributed by atoms with van der Waals surface area (Å²) in [5.74, 6) is 1.99. The van der Waals surface area contributed by atoms with E-state index in [-0.39, 0.29) is 5.75 Å². The number of nitrogens with zero attached hydrogens (tertiary/aromatic N) is 3. The number of fused-ring (bicyclic) bond motifs is 3. The van der Waals surface area contributed by atoms with Crippen molar-refractivity contribution in [3.63, 3.8) is 0 Å². The molecule has 2 bridgehead atoms. The van der Waals surface area contributed by atoms with Crippen molar-refractivity contribution < 1.29 is 9.13 Å². The van der Waals surface area contributed by atoms with Crippen LogP contribution in [0.5, 0.6) is 5.75 Å². The Bertz CT molecular complexity index is 972. The van der Waals surface area contributed by atoms with Gasteiger partial charge in [-0.25, -0.2) is 4.39 Å². The lowest BCUT2D eigenvalue weighted by atomic mass is 10.1. The van der Waals surface area contributed by atoms with Gasteiger partial charge in [0.2, 0.25) is 5.95 Å². The molecule has 134 valence electrons. The molecule has 0 amide bonds. The summed E-state index contributed by atoms with van der Waals surface area (Å²) in [7, 11) is 1.45. The topological polar surface area (TPSA) is 66.1 Å². The Morgan fingerprint density at radius 1 is 1.27 bits per heavy atom. The standard InChI is InChI=1S/C19H20FN5O/c1-26-16-5-3-12(9-15(16)20)22-19-23-17-14(6-7-21-17)18(24-19)25-10-11-2-4-13(25)8-11/h3,5-7,9,11,13H,2,4,8,10H2,1H3,(H2,21,22,23,24). The van der Waals surface area contributed by atoms with Gasteiger partial charge < -0.3 is 19.9 Å². The monoisotopic (exact) mass is 353 g/mol. The number of aromatic amines is 1. The number of methoxy groups -OCH3 is 1. The van der Waals surface area contributed by atoms with Crippen LogP contribution in [0.4, 0.5) is 21.8 Å². The minimum absolute atomic E-state index is 0.213. The van der Waals surface area contributed by atoms with Crippen molar-refractivity contribution in [3.8, 4) is 5.75 Å². The molecule has 1 aliphatic heterocycles. The first-order valence-corrected chi connectivity index (χ1v) is 8.93. The van der Waals surface area contributed by atoms with Gasteiger partial charge in [0.1, 0.15) is 11.5 Å². The highest BCUT2D eigenvalue weighted by Gasteiger charge is 2.39. The lowest BCUT2D eigenvalue weighted by Crippen LogP contribution is -2.32. The molecule has 2 atom stereocenters. The molecule has 26 heavy (non-hydrogen) atoms. The molecule has 0 spiro atoms. The normalized spacial score (nSPS) is 21.5. The third kappa shape index (κ3) is 2.46. The number of halogens is 1. The molecular weight excluding hydrogens is 333 g/mol. The number of nitrogens with one attached hydrogen (secondary N) is 2. The molecule has 2 fully saturated rings. The molecule has 7 heteroatoms. The Kier molecular flexibility index (Phi) is 3.48. The highest BCUT2D eigenvalue weighted by molar-refractivity contribution is 5.89. The predicted molar refractivity (Wildman–Crippen MR) is 98.6 cm³/mol. The smallest absolute Gasteiger partial charge is 0.231 e. The molecule has 1 aromatic carbocycles. The maximum atomic E-state index is 14.0. The second-order valence-electron chi connectivity index (χ2n) is 7.07. The summed E-state index contributed by atoms with van der Waals surface area (Å²) < 4.78 is 18.9. The Hall–Kier alpha value is -2.83. The Morgan fingerprint density at radius 3 is 2.92 bits per heavy atom. The number of aromatic nitrogens is 3. The largest absolute Gasteiger partial charge is 0.494 e. The van der Waals surface area contributed by atoms with Crippen molar-refractivity contribution in [2.45, 2.75) is 25.3 Å². The summed E-state index contributed by atoms with van der Waals surface area (Å²) in [4.78, 5) is 14.9. The minimum Gasteiger partial charge on any atom is -0.494 e. The van der Waals surface area contributed by atoms with E-state index in [0.717, 1.165) is 29.3 Å². The van der Waals surface area contributed by atoms with Crippen LogP contribution in [0.2, 0.25) is 0 Å². The number of ether oxygens (including phenoxy) is 1. The zero-order chi connectivity index (χ0) is 17.7. The van der Waals surface area contributed by atoms with Gasteiger partial charge in [-0.1, -0.05) is 0 Å². The first-order valence-electron chi connectivity index (χ1n) is 8.93. The van der Waals surface area contributed by atoms with E-state index in [1.165, 1.54) is 32.4 Å². The van der Waals surface area contributed by atoms with Crippen molar-refractivity contribution in [1.82, 2.24) is 15.0 Å². The second kappa shape index (κ2) is 5.86. The molecule has 1 saturated carbocycles. The van der Waals surface area contributed by atoms with E-state index in [1.807, 2.05) is 12.3 Å². The average molecular weight is 353 g/mol. The molecule has 1 aliphatic carbocycles. The van der Waals surface area contributed by atoms with E-state index < -0.39 is 5.82 Å². The fraction of sp³-hybridized carbons (Fsp3) is 0.368. The number of hydrogen-bond acceptors (Lipinski definition) is 5. The summed E-state index contributed by atoms with van der Waals surface area (Å²) in [6.45, 7) is 1.05. The molecule has 5 rings (SSSR count). The number of hydrogen-bond donors (Lipinski definition) is 2. The number of anilines is 3. The first kappa shape index (κ1) is 15.4. The van der Waals surface area contributed by atoms with E-state index in [0.29, 0.717) is 17.7 Å². The number of piperidine rings is 1. The minimum atomic E-state index is -0.421. The predicted octanol–water partition coefficient (Wildman–Crippen LogP) is 3.84. The first-order chi connectivity index (χ1) is 12.7. The zero-order valence-corrected chi connectivity index (χ0v) is 14.5. The van der Waals surface area contributed by atoms with Crippen LogP contribution in [0, 0.1) is 11.7 Å². The van der Waals surface area contributed by atoms with Gasteiger partial charge in [0, 0.05) is 30.5 Å². The molecule has 2 unspecified atom stereocenters. The Labute approximate surface area is 150 Å². The van der Waals surface area contributed by atoms with Crippen LogP contribution in [-0.2, 0) is 0 Å². The van der Waals surface area contributed by atoms with E-state index in [9.17, 15) is 4.39 Å². The van der Waals surface area contributed by atoms with Crippen molar-refractivity contribution >= 4 is 28.5 Å². The van der Waals surface area contributed by atoms with Gasteiger partial charge in [-0.2, -0.15) is 9.97 Å². The van der Waals surface area contributed by atoms with E-state index in [4.69, 9.17) is 9.72 Å². The molecule has 2 N–H and O–H groups in total. The fourth-order valence-electron chi connectivity index (χ4n) is 4.26. The molecule has 2 aliphatic rings. The SMILES string of the molecule is COc1ccc(Nc2nc(N3CC4CCC3C4)c3cc[nH]c3n2)cc1F. The molecule has 6 nitrogen and oxygen atoms in total. The van der Waals surface area contributed by atoms with Gasteiger partial charge in [0.25, 0.3) is 0 Å². The third-order valence-corrected chi connectivity index (χ3v) is 5.48. The summed E-state index contributed by atoms with van der Waals surface area (Å²) in [5.41, 5.74) is 1.37. The molecule has 1 saturated heterocycles. The van der Waals surface area contributed by atoms with E-state index in [2.05, 4.69) is 20.2 Å². The molecular formula is C19H20FN5O. The van der Waals surface area contributed by atoms with E-state index in [1.54, 1.807) is 12.1 Å². The quantitative estimate of drug-likeness (QED) is 0.746. The average Bonchev–Trinajstić information content (AvgIpc) is 3.37. The number of rotatable bonds is 4. The van der Waals surface area contributed by atoms with Crippen LogP contribution in [0.15, 0.2) is 30.5 Å². The zero-order valence-electron chi connectivity index (χ0n) is 14.5. The van der Waals surface area contributed by atoms with E-state index >= 15 is 0 Å². The number of H-pyrrole nitrogens is 1. The third-order valence-electron chi connectivity index (χ3n) is 5.48. The van der Waals surface area contributed by atoms with Crippen molar-refractivity contribution in [2.75, 3.05) is 23.9 Å². The van der Waals surface area contributed by atoms with Crippen molar-refractivity contribution in [1.29, 1.82) is 0 Å². The van der Waals surface area contributed by atoms with Gasteiger partial charge >= 0.3 is 0 Å². The maximum absolute atomic E-state index is 14.0. The maximum Gasteiger partial charge on any atom is 0.231 e. The Balaban J connectivity index is 1.51. The summed E-state index contributed by atoms with van der Waals surface area (Å²) >= 11 is 0. The van der Waals surface area contributed by atoms with Gasteiger partial charge in [0.15, 0.2) is 11.6 Å². The van der Waals surface area contributed by atoms with Gasteiger partial charge in [-0.3, -0.25) is 0 Å². The molecule has 3 aromatic rings. The Morgan fingerprint density at radius 2 is 2.19 bits per heavy atom.